The third-order valence-electron chi connectivity index (χ3n) is 5.16. The van der Waals surface area contributed by atoms with E-state index in [1.807, 2.05) is 13.8 Å². The van der Waals surface area contributed by atoms with Crippen LogP contribution in [0.25, 0.3) is 0 Å². The Bertz CT molecular complexity index is 1220. The van der Waals surface area contributed by atoms with Gasteiger partial charge in [-0.3, -0.25) is 9.10 Å². The molecule has 0 aromatic heterocycles. The first-order chi connectivity index (χ1) is 14.3. The molecule has 0 fully saturated rings. The minimum absolute atomic E-state index is 0.237. The standard InChI is InChI=1S/C23H21FN2O3S/c1-15-6-9-21(10-7-15)30(28,29)26-16(2)12-18-13-17(8-11-22(18)26)23(27)25-20-5-3-4-19(24)14-20/h3-11,13-14,16H,12H2,1-2H3,(H,25,27)/t16-/m1/s1. The van der Waals surface area contributed by atoms with E-state index in [4.69, 9.17) is 0 Å². The van der Waals surface area contributed by atoms with Gasteiger partial charge in [-0.1, -0.05) is 23.8 Å². The van der Waals surface area contributed by atoms with Crippen molar-refractivity contribution in [2.75, 3.05) is 9.62 Å². The molecule has 1 atom stereocenters. The fourth-order valence-electron chi connectivity index (χ4n) is 3.70. The molecule has 3 aromatic carbocycles. The highest BCUT2D eigenvalue weighted by Gasteiger charge is 2.36. The molecule has 154 valence electrons. The van der Waals surface area contributed by atoms with E-state index in [9.17, 15) is 17.6 Å². The maximum atomic E-state index is 13.3. The van der Waals surface area contributed by atoms with Crippen LogP contribution in [-0.4, -0.2) is 20.4 Å². The molecule has 0 saturated heterocycles. The average molecular weight is 424 g/mol. The fourth-order valence-corrected chi connectivity index (χ4v) is 5.40. The van der Waals surface area contributed by atoms with Crippen molar-refractivity contribution in [1.82, 2.24) is 0 Å². The fraction of sp³-hybridized carbons (Fsp3) is 0.174. The van der Waals surface area contributed by atoms with Crippen LogP contribution in [0.15, 0.2) is 71.6 Å². The van der Waals surface area contributed by atoms with Crippen molar-refractivity contribution in [3.63, 3.8) is 0 Å². The highest BCUT2D eigenvalue weighted by Crippen LogP contribution is 2.37. The number of amides is 1. The molecule has 1 aliphatic rings. The van der Waals surface area contributed by atoms with Gasteiger partial charge >= 0.3 is 0 Å². The average Bonchev–Trinajstić information content (AvgIpc) is 3.03. The van der Waals surface area contributed by atoms with E-state index in [0.29, 0.717) is 23.4 Å². The molecule has 1 N–H and O–H groups in total. The molecule has 4 rings (SSSR count). The minimum Gasteiger partial charge on any atom is -0.322 e. The molecule has 30 heavy (non-hydrogen) atoms. The number of nitrogens with one attached hydrogen (secondary N) is 1. The number of rotatable bonds is 4. The van der Waals surface area contributed by atoms with E-state index in [2.05, 4.69) is 5.32 Å². The van der Waals surface area contributed by atoms with Crippen LogP contribution in [0.5, 0.6) is 0 Å². The Morgan fingerprint density at radius 3 is 2.50 bits per heavy atom. The number of carbonyl (C=O) groups excluding carboxylic acids is 1. The van der Waals surface area contributed by atoms with Crippen molar-refractivity contribution in [3.8, 4) is 0 Å². The topological polar surface area (TPSA) is 66.5 Å². The lowest BCUT2D eigenvalue weighted by Crippen LogP contribution is -2.35. The van der Waals surface area contributed by atoms with Crippen molar-refractivity contribution in [2.45, 2.75) is 31.2 Å². The molecular formula is C23H21FN2O3S. The zero-order valence-corrected chi connectivity index (χ0v) is 17.4. The predicted octanol–water partition coefficient (Wildman–Crippen LogP) is 4.53. The molecule has 3 aromatic rings. The van der Waals surface area contributed by atoms with Gasteiger partial charge in [0.2, 0.25) is 0 Å². The van der Waals surface area contributed by atoms with E-state index < -0.39 is 15.8 Å². The zero-order chi connectivity index (χ0) is 21.5. The largest absolute Gasteiger partial charge is 0.322 e. The van der Waals surface area contributed by atoms with Crippen molar-refractivity contribution < 1.29 is 17.6 Å². The van der Waals surface area contributed by atoms with E-state index in [1.54, 1.807) is 48.5 Å². The quantitative estimate of drug-likeness (QED) is 0.669. The molecule has 0 radical (unpaired) electrons. The molecule has 7 heteroatoms. The zero-order valence-electron chi connectivity index (χ0n) is 16.6. The Labute approximate surface area is 175 Å². The summed E-state index contributed by atoms with van der Waals surface area (Å²) in [5.41, 5.74) is 3.09. The van der Waals surface area contributed by atoms with E-state index in [1.165, 1.54) is 22.5 Å². The van der Waals surface area contributed by atoms with Crippen LogP contribution in [0.2, 0.25) is 0 Å². The molecular weight excluding hydrogens is 403 g/mol. The van der Waals surface area contributed by atoms with Crippen LogP contribution in [0.3, 0.4) is 0 Å². The third-order valence-corrected chi connectivity index (χ3v) is 7.10. The summed E-state index contributed by atoms with van der Waals surface area (Å²) in [6.07, 6.45) is 0.501. The van der Waals surface area contributed by atoms with Gasteiger partial charge in [-0.25, -0.2) is 12.8 Å². The number of anilines is 2. The lowest BCUT2D eigenvalue weighted by molar-refractivity contribution is 0.102. The van der Waals surface area contributed by atoms with E-state index in [-0.39, 0.29) is 16.8 Å². The van der Waals surface area contributed by atoms with Gasteiger partial charge < -0.3 is 5.32 Å². The molecule has 0 aliphatic carbocycles. The van der Waals surface area contributed by atoms with Crippen molar-refractivity contribution in [3.05, 3.63) is 89.2 Å². The summed E-state index contributed by atoms with van der Waals surface area (Å²) in [6.45, 7) is 3.75. The summed E-state index contributed by atoms with van der Waals surface area (Å²) in [7, 11) is -3.71. The Morgan fingerprint density at radius 2 is 1.80 bits per heavy atom. The van der Waals surface area contributed by atoms with E-state index in [0.717, 1.165) is 11.1 Å². The monoisotopic (exact) mass is 424 g/mol. The smallest absolute Gasteiger partial charge is 0.264 e. The van der Waals surface area contributed by atoms with Gasteiger partial charge in [-0.2, -0.15) is 0 Å². The number of hydrogen-bond acceptors (Lipinski definition) is 3. The van der Waals surface area contributed by atoms with Crippen molar-refractivity contribution in [2.24, 2.45) is 0 Å². The number of halogens is 1. The summed E-state index contributed by atoms with van der Waals surface area (Å²) in [6, 6.07) is 17.1. The molecule has 0 spiro atoms. The molecule has 0 saturated carbocycles. The molecule has 0 unspecified atom stereocenters. The highest BCUT2D eigenvalue weighted by atomic mass is 32.2. The van der Waals surface area contributed by atoms with Crippen molar-refractivity contribution in [1.29, 1.82) is 0 Å². The molecule has 1 aliphatic heterocycles. The molecule has 5 nitrogen and oxygen atoms in total. The van der Waals surface area contributed by atoms with Crippen molar-refractivity contribution >= 4 is 27.3 Å². The Kier molecular flexibility index (Phi) is 5.07. The Balaban J connectivity index is 1.63. The van der Waals surface area contributed by atoms with Gasteiger partial charge in [0.1, 0.15) is 5.82 Å². The summed E-state index contributed by atoms with van der Waals surface area (Å²) >= 11 is 0. The van der Waals surface area contributed by atoms with Gasteiger partial charge in [0.05, 0.1) is 10.6 Å². The van der Waals surface area contributed by atoms with Crippen LogP contribution in [0.1, 0.15) is 28.4 Å². The second-order valence-corrected chi connectivity index (χ2v) is 9.29. The van der Waals surface area contributed by atoms with Crippen LogP contribution in [0, 0.1) is 12.7 Å². The first-order valence-electron chi connectivity index (χ1n) is 9.56. The lowest BCUT2D eigenvalue weighted by atomic mass is 10.1. The SMILES string of the molecule is Cc1ccc(S(=O)(=O)N2c3ccc(C(=O)Nc4cccc(F)c4)cc3C[C@H]2C)cc1. The van der Waals surface area contributed by atoms with Crippen LogP contribution in [0.4, 0.5) is 15.8 Å². The maximum absolute atomic E-state index is 13.3. The lowest BCUT2D eigenvalue weighted by Gasteiger charge is -2.24. The molecule has 1 amide bonds. The number of hydrogen-bond donors (Lipinski definition) is 1. The Hall–Kier alpha value is -3.19. The number of sulfonamides is 1. The van der Waals surface area contributed by atoms with Gasteiger partial charge in [0.25, 0.3) is 15.9 Å². The molecule has 0 bridgehead atoms. The number of fused-ring (bicyclic) bond motifs is 1. The Morgan fingerprint density at radius 1 is 1.07 bits per heavy atom. The predicted molar refractivity (Wildman–Crippen MR) is 115 cm³/mol. The summed E-state index contributed by atoms with van der Waals surface area (Å²) in [5.74, 6) is -0.816. The van der Waals surface area contributed by atoms with E-state index >= 15 is 0 Å². The summed E-state index contributed by atoms with van der Waals surface area (Å²) < 4.78 is 41.2. The highest BCUT2D eigenvalue weighted by molar-refractivity contribution is 7.92. The van der Waals surface area contributed by atoms with Crippen LogP contribution >= 0.6 is 0 Å². The minimum atomic E-state index is -3.71. The molecule has 1 heterocycles. The van der Waals surface area contributed by atoms with Gasteiger partial charge in [0, 0.05) is 17.3 Å². The van der Waals surface area contributed by atoms with Crippen LogP contribution < -0.4 is 9.62 Å². The number of aryl methyl sites for hydroxylation is 1. The second-order valence-electron chi connectivity index (χ2n) is 7.48. The number of benzene rings is 3. The normalized spacial score (nSPS) is 15.7. The number of nitrogens with zero attached hydrogens (tertiary/aromatic N) is 1. The first-order valence-corrected chi connectivity index (χ1v) is 11.0. The van der Waals surface area contributed by atoms with Gasteiger partial charge in [-0.05, 0) is 74.4 Å². The second kappa shape index (κ2) is 7.57. The van der Waals surface area contributed by atoms with Gasteiger partial charge in [-0.15, -0.1) is 0 Å². The third kappa shape index (κ3) is 3.68. The van der Waals surface area contributed by atoms with Gasteiger partial charge in [0.15, 0.2) is 0 Å². The maximum Gasteiger partial charge on any atom is 0.264 e. The first kappa shape index (κ1) is 20.1. The summed E-state index contributed by atoms with van der Waals surface area (Å²) in [5, 5.41) is 2.66. The number of carbonyl (C=O) groups is 1. The summed E-state index contributed by atoms with van der Waals surface area (Å²) in [4.78, 5) is 12.8. The van der Waals surface area contributed by atoms with Crippen LogP contribution in [-0.2, 0) is 16.4 Å².